The van der Waals surface area contributed by atoms with E-state index in [1.165, 1.54) is 51.8 Å². The molecular formula is C17H17N3O6. The average Bonchev–Trinajstić information content (AvgIpc) is 2.67. The quantitative estimate of drug-likeness (QED) is 0.461. The van der Waals surface area contributed by atoms with Crippen molar-refractivity contribution in [2.24, 2.45) is 5.10 Å². The van der Waals surface area contributed by atoms with Gasteiger partial charge in [-0.2, -0.15) is 5.10 Å². The van der Waals surface area contributed by atoms with Crippen LogP contribution in [0.25, 0.3) is 0 Å². The van der Waals surface area contributed by atoms with Crippen molar-refractivity contribution in [1.29, 1.82) is 0 Å². The topological polar surface area (TPSA) is 112 Å². The van der Waals surface area contributed by atoms with Crippen LogP contribution in [0, 0.1) is 10.1 Å². The van der Waals surface area contributed by atoms with E-state index in [2.05, 4.69) is 10.5 Å². The van der Waals surface area contributed by atoms with Gasteiger partial charge in [0.15, 0.2) is 5.75 Å². The van der Waals surface area contributed by atoms with Gasteiger partial charge in [-0.25, -0.2) is 5.43 Å². The van der Waals surface area contributed by atoms with Crippen LogP contribution in [0.15, 0.2) is 41.5 Å². The molecule has 0 atom stereocenters. The maximum Gasteiger partial charge on any atom is 0.311 e. The minimum absolute atomic E-state index is 0.139. The van der Waals surface area contributed by atoms with E-state index in [9.17, 15) is 14.9 Å². The Hall–Kier alpha value is -3.62. The first-order valence-electron chi connectivity index (χ1n) is 7.37. The molecule has 0 fully saturated rings. The van der Waals surface area contributed by atoms with Gasteiger partial charge in [0.1, 0.15) is 11.5 Å². The molecule has 0 bridgehead atoms. The maximum absolute atomic E-state index is 12.2. The van der Waals surface area contributed by atoms with Crippen LogP contribution in [-0.2, 0) is 0 Å². The summed E-state index contributed by atoms with van der Waals surface area (Å²) in [6.07, 6.45) is 1.29. The third-order valence-corrected chi connectivity index (χ3v) is 3.39. The number of amides is 1. The molecule has 1 N–H and O–H groups in total. The van der Waals surface area contributed by atoms with E-state index in [0.717, 1.165) is 0 Å². The Kier molecular flexibility index (Phi) is 6.10. The lowest BCUT2D eigenvalue weighted by atomic mass is 10.2. The number of hydrogen-bond donors (Lipinski definition) is 1. The fraction of sp³-hybridized carbons (Fsp3) is 0.176. The number of nitrogens with one attached hydrogen (secondary N) is 1. The molecule has 0 aliphatic rings. The van der Waals surface area contributed by atoms with Gasteiger partial charge in [0, 0.05) is 23.3 Å². The molecule has 0 saturated carbocycles. The van der Waals surface area contributed by atoms with E-state index < -0.39 is 10.8 Å². The van der Waals surface area contributed by atoms with Crippen molar-refractivity contribution in [3.63, 3.8) is 0 Å². The van der Waals surface area contributed by atoms with E-state index in [1.54, 1.807) is 12.1 Å². The van der Waals surface area contributed by atoms with Crippen LogP contribution in [0.3, 0.4) is 0 Å². The summed E-state index contributed by atoms with van der Waals surface area (Å²) in [6.45, 7) is 0. The Morgan fingerprint density at radius 3 is 2.27 bits per heavy atom. The summed E-state index contributed by atoms with van der Waals surface area (Å²) in [6, 6.07) is 9.03. The summed E-state index contributed by atoms with van der Waals surface area (Å²) in [5.74, 6) is 0.578. The van der Waals surface area contributed by atoms with E-state index in [0.29, 0.717) is 22.6 Å². The highest BCUT2D eigenvalue weighted by molar-refractivity contribution is 5.95. The normalized spacial score (nSPS) is 10.4. The fourth-order valence-electron chi connectivity index (χ4n) is 2.10. The molecule has 9 heteroatoms. The summed E-state index contributed by atoms with van der Waals surface area (Å²) in [7, 11) is 4.30. The van der Waals surface area contributed by atoms with Crippen LogP contribution >= 0.6 is 0 Å². The fourth-order valence-corrected chi connectivity index (χ4v) is 2.10. The zero-order valence-electron chi connectivity index (χ0n) is 14.4. The molecule has 2 aromatic carbocycles. The number of nitro benzene ring substituents is 1. The first-order chi connectivity index (χ1) is 12.5. The van der Waals surface area contributed by atoms with Crippen molar-refractivity contribution >= 4 is 17.8 Å². The Morgan fingerprint density at radius 2 is 1.73 bits per heavy atom. The number of ether oxygens (including phenoxy) is 3. The third kappa shape index (κ3) is 4.47. The lowest BCUT2D eigenvalue weighted by molar-refractivity contribution is -0.385. The van der Waals surface area contributed by atoms with Crippen molar-refractivity contribution in [1.82, 2.24) is 5.43 Å². The number of hydrogen-bond acceptors (Lipinski definition) is 7. The Labute approximate surface area is 149 Å². The van der Waals surface area contributed by atoms with Crippen molar-refractivity contribution < 1.29 is 23.9 Å². The summed E-state index contributed by atoms with van der Waals surface area (Å²) in [4.78, 5) is 22.6. The van der Waals surface area contributed by atoms with Crippen molar-refractivity contribution in [3.05, 3.63) is 57.6 Å². The maximum atomic E-state index is 12.2. The van der Waals surface area contributed by atoms with Gasteiger partial charge in [-0.15, -0.1) is 0 Å². The van der Waals surface area contributed by atoms with Gasteiger partial charge in [-0.1, -0.05) is 0 Å². The third-order valence-electron chi connectivity index (χ3n) is 3.39. The number of benzene rings is 2. The molecule has 0 spiro atoms. The standard InChI is InChI=1S/C17H17N3O6/c1-24-13-7-12(8-14(9-13)25-2)17(21)19-18-10-11-4-5-16(26-3)15(6-11)20(22)23/h4-10H,1-3H3,(H,19,21)/b18-10+. The van der Waals surface area contributed by atoms with Gasteiger partial charge in [-0.3, -0.25) is 14.9 Å². The summed E-state index contributed by atoms with van der Waals surface area (Å²) < 4.78 is 15.1. The molecule has 2 aromatic rings. The van der Waals surface area contributed by atoms with Gasteiger partial charge < -0.3 is 14.2 Å². The van der Waals surface area contributed by atoms with Crippen LogP contribution in [0.5, 0.6) is 17.2 Å². The molecule has 2 rings (SSSR count). The zero-order valence-corrected chi connectivity index (χ0v) is 14.4. The molecule has 0 radical (unpaired) electrons. The largest absolute Gasteiger partial charge is 0.497 e. The molecule has 0 heterocycles. The number of nitro groups is 1. The first kappa shape index (κ1) is 18.7. The average molecular weight is 359 g/mol. The Bertz CT molecular complexity index is 828. The van der Waals surface area contributed by atoms with Gasteiger partial charge in [0.05, 0.1) is 32.5 Å². The smallest absolute Gasteiger partial charge is 0.311 e. The molecule has 0 aliphatic carbocycles. The van der Waals surface area contributed by atoms with E-state index in [1.807, 2.05) is 0 Å². The molecule has 9 nitrogen and oxygen atoms in total. The summed E-state index contributed by atoms with van der Waals surface area (Å²) in [5.41, 5.74) is 2.87. The second-order valence-corrected chi connectivity index (χ2v) is 4.99. The number of nitrogens with zero attached hydrogens (tertiary/aromatic N) is 2. The predicted octanol–water partition coefficient (Wildman–Crippen LogP) is 2.38. The van der Waals surface area contributed by atoms with Crippen LogP contribution in [0.2, 0.25) is 0 Å². The molecule has 0 saturated heterocycles. The SMILES string of the molecule is COc1cc(OC)cc(C(=O)N/N=C/c2ccc(OC)c([N+](=O)[O-])c2)c1. The number of hydrazone groups is 1. The lowest BCUT2D eigenvalue weighted by Crippen LogP contribution is -2.17. The van der Waals surface area contributed by atoms with Crippen molar-refractivity contribution in [2.45, 2.75) is 0 Å². The van der Waals surface area contributed by atoms with Crippen molar-refractivity contribution in [3.8, 4) is 17.2 Å². The summed E-state index contributed by atoms with van der Waals surface area (Å²) >= 11 is 0. The molecule has 0 aromatic heterocycles. The Morgan fingerprint density at radius 1 is 1.08 bits per heavy atom. The van der Waals surface area contributed by atoms with Gasteiger partial charge in [0.25, 0.3) is 5.91 Å². The molecule has 1 amide bonds. The summed E-state index contributed by atoms with van der Waals surface area (Å²) in [5, 5.41) is 14.8. The van der Waals surface area contributed by atoms with Crippen LogP contribution < -0.4 is 19.6 Å². The lowest BCUT2D eigenvalue weighted by Gasteiger charge is -2.07. The van der Waals surface area contributed by atoms with E-state index >= 15 is 0 Å². The molecule has 0 unspecified atom stereocenters. The molecule has 26 heavy (non-hydrogen) atoms. The van der Waals surface area contributed by atoms with E-state index in [4.69, 9.17) is 14.2 Å². The van der Waals surface area contributed by atoms with Crippen LogP contribution in [-0.4, -0.2) is 38.4 Å². The highest BCUT2D eigenvalue weighted by Gasteiger charge is 2.14. The number of carbonyl (C=O) groups is 1. The van der Waals surface area contributed by atoms with Crippen LogP contribution in [0.1, 0.15) is 15.9 Å². The number of methoxy groups -OCH3 is 3. The second kappa shape index (κ2) is 8.47. The minimum Gasteiger partial charge on any atom is -0.497 e. The highest BCUT2D eigenvalue weighted by atomic mass is 16.6. The molecule has 0 aliphatic heterocycles. The monoisotopic (exact) mass is 359 g/mol. The van der Waals surface area contributed by atoms with E-state index in [-0.39, 0.29) is 11.4 Å². The van der Waals surface area contributed by atoms with Gasteiger partial charge in [-0.05, 0) is 24.3 Å². The highest BCUT2D eigenvalue weighted by Crippen LogP contribution is 2.27. The second-order valence-electron chi connectivity index (χ2n) is 4.99. The molecular weight excluding hydrogens is 342 g/mol. The number of carbonyl (C=O) groups excluding carboxylic acids is 1. The Balaban J connectivity index is 2.14. The van der Waals surface area contributed by atoms with Gasteiger partial charge in [0.2, 0.25) is 0 Å². The predicted molar refractivity (Wildman–Crippen MR) is 94.3 cm³/mol. The first-order valence-corrected chi connectivity index (χ1v) is 7.37. The minimum atomic E-state index is -0.558. The zero-order chi connectivity index (χ0) is 19.1. The van der Waals surface area contributed by atoms with Gasteiger partial charge >= 0.3 is 5.69 Å². The van der Waals surface area contributed by atoms with Crippen molar-refractivity contribution in [2.75, 3.05) is 21.3 Å². The molecule has 136 valence electrons. The van der Waals surface area contributed by atoms with Crippen LogP contribution in [0.4, 0.5) is 5.69 Å². The number of rotatable bonds is 7.